The highest BCUT2D eigenvalue weighted by Crippen LogP contribution is 2.40. The molecule has 1 atom stereocenters. The lowest BCUT2D eigenvalue weighted by Gasteiger charge is -2.18. The summed E-state index contributed by atoms with van der Waals surface area (Å²) in [4.78, 5) is 0. The minimum atomic E-state index is -0.208. The van der Waals surface area contributed by atoms with E-state index in [1.165, 1.54) is 6.07 Å². The van der Waals surface area contributed by atoms with Crippen molar-refractivity contribution in [2.45, 2.75) is 19.3 Å². The number of hydrogen-bond acceptors (Lipinski definition) is 2. The van der Waals surface area contributed by atoms with Gasteiger partial charge in [-0.15, -0.1) is 0 Å². The van der Waals surface area contributed by atoms with Crippen molar-refractivity contribution in [1.82, 2.24) is 5.32 Å². The fraction of sp³-hybridized carbons (Fsp3) is 0.500. The van der Waals surface area contributed by atoms with E-state index in [1.807, 2.05) is 6.92 Å². The molecular weight excluding hydrogens is 273 g/mol. The van der Waals surface area contributed by atoms with Crippen LogP contribution in [0, 0.1) is 12.7 Å². The first-order valence-electron chi connectivity index (χ1n) is 5.38. The van der Waals surface area contributed by atoms with Crippen LogP contribution in [0.1, 0.15) is 23.5 Å². The Hall–Kier alpha value is -0.610. The summed E-state index contributed by atoms with van der Waals surface area (Å²) in [6, 6.07) is 1.51. The van der Waals surface area contributed by atoms with Crippen LogP contribution in [0.4, 0.5) is 4.39 Å². The molecule has 0 aliphatic carbocycles. The van der Waals surface area contributed by atoms with Crippen molar-refractivity contribution in [1.29, 1.82) is 0 Å². The number of aryl methyl sites for hydroxylation is 1. The van der Waals surface area contributed by atoms with E-state index in [-0.39, 0.29) is 5.82 Å². The fourth-order valence-corrected chi connectivity index (χ4v) is 2.91. The zero-order chi connectivity index (χ0) is 11.7. The van der Waals surface area contributed by atoms with Crippen LogP contribution in [0.2, 0.25) is 0 Å². The minimum absolute atomic E-state index is 0.208. The Morgan fingerprint density at radius 2 is 2.31 bits per heavy atom. The number of benzene rings is 1. The molecule has 0 bridgehead atoms. The molecule has 2 nitrogen and oxygen atoms in total. The van der Waals surface area contributed by atoms with Crippen LogP contribution in [0.3, 0.4) is 0 Å². The second kappa shape index (κ2) is 4.72. The van der Waals surface area contributed by atoms with Gasteiger partial charge in [-0.05, 0) is 47.4 Å². The average molecular weight is 288 g/mol. The molecule has 1 aromatic rings. The number of nitrogens with one attached hydrogen (secondary N) is 1. The van der Waals surface area contributed by atoms with Gasteiger partial charge in [0.25, 0.3) is 0 Å². The quantitative estimate of drug-likeness (QED) is 0.903. The lowest BCUT2D eigenvalue weighted by molar-refractivity contribution is 0.400. The molecule has 16 heavy (non-hydrogen) atoms. The van der Waals surface area contributed by atoms with E-state index in [1.54, 1.807) is 7.11 Å². The first-order chi connectivity index (χ1) is 7.65. The van der Waals surface area contributed by atoms with Gasteiger partial charge in [-0.1, -0.05) is 0 Å². The molecule has 0 spiro atoms. The molecule has 0 amide bonds. The van der Waals surface area contributed by atoms with Crippen LogP contribution in [-0.4, -0.2) is 20.2 Å². The van der Waals surface area contributed by atoms with Crippen molar-refractivity contribution in [3.63, 3.8) is 0 Å². The summed E-state index contributed by atoms with van der Waals surface area (Å²) in [7, 11) is 1.64. The molecule has 88 valence electrons. The zero-order valence-corrected chi connectivity index (χ0v) is 11.0. The largest absolute Gasteiger partial charge is 0.496 e. The maximum atomic E-state index is 13.7. The second-order valence-corrected chi connectivity index (χ2v) is 4.92. The SMILES string of the molecule is COc1c(C)cc(F)c(Br)c1C1CCNC1. The summed E-state index contributed by atoms with van der Waals surface area (Å²) in [6.45, 7) is 3.74. The molecule has 1 N–H and O–H groups in total. The van der Waals surface area contributed by atoms with Crippen LogP contribution in [-0.2, 0) is 0 Å². The highest BCUT2D eigenvalue weighted by atomic mass is 79.9. The lowest BCUT2D eigenvalue weighted by Crippen LogP contribution is -2.10. The maximum absolute atomic E-state index is 13.7. The van der Waals surface area contributed by atoms with Crippen molar-refractivity contribution in [2.75, 3.05) is 20.2 Å². The fourth-order valence-electron chi connectivity index (χ4n) is 2.30. The van der Waals surface area contributed by atoms with E-state index in [2.05, 4.69) is 21.2 Å². The number of methoxy groups -OCH3 is 1. The zero-order valence-electron chi connectivity index (χ0n) is 9.44. The van der Waals surface area contributed by atoms with Gasteiger partial charge in [-0.2, -0.15) is 0 Å². The first kappa shape index (κ1) is 11.9. The summed E-state index contributed by atoms with van der Waals surface area (Å²) >= 11 is 3.33. The van der Waals surface area contributed by atoms with Crippen LogP contribution in [0.15, 0.2) is 10.5 Å². The van der Waals surface area contributed by atoms with Crippen LogP contribution < -0.4 is 10.1 Å². The van der Waals surface area contributed by atoms with Gasteiger partial charge in [-0.25, -0.2) is 4.39 Å². The molecule has 0 aromatic heterocycles. The molecular formula is C12H15BrFNO. The summed E-state index contributed by atoms with van der Waals surface area (Å²) in [6.07, 6.45) is 1.03. The van der Waals surface area contributed by atoms with E-state index in [0.717, 1.165) is 36.4 Å². The van der Waals surface area contributed by atoms with Gasteiger partial charge in [0.1, 0.15) is 11.6 Å². The summed E-state index contributed by atoms with van der Waals surface area (Å²) in [5.74, 6) is 0.931. The Bertz CT molecular complexity index is 402. The molecule has 1 unspecified atom stereocenters. The number of rotatable bonds is 2. The van der Waals surface area contributed by atoms with Gasteiger partial charge >= 0.3 is 0 Å². The Balaban J connectivity index is 2.54. The number of hydrogen-bond donors (Lipinski definition) is 1. The smallest absolute Gasteiger partial charge is 0.138 e. The van der Waals surface area contributed by atoms with E-state index in [0.29, 0.717) is 10.4 Å². The lowest BCUT2D eigenvalue weighted by atomic mass is 9.95. The Labute approximate surface area is 103 Å². The van der Waals surface area contributed by atoms with Gasteiger partial charge in [0, 0.05) is 18.0 Å². The van der Waals surface area contributed by atoms with E-state index in [9.17, 15) is 4.39 Å². The first-order valence-corrected chi connectivity index (χ1v) is 6.17. The van der Waals surface area contributed by atoms with Crippen LogP contribution >= 0.6 is 15.9 Å². The third kappa shape index (κ3) is 1.96. The topological polar surface area (TPSA) is 21.3 Å². The average Bonchev–Trinajstić information content (AvgIpc) is 2.76. The van der Waals surface area contributed by atoms with Gasteiger partial charge in [0.2, 0.25) is 0 Å². The highest BCUT2D eigenvalue weighted by molar-refractivity contribution is 9.10. The molecule has 1 aromatic carbocycles. The van der Waals surface area contributed by atoms with Crippen LogP contribution in [0.5, 0.6) is 5.75 Å². The Morgan fingerprint density at radius 1 is 1.56 bits per heavy atom. The predicted octanol–water partition coefficient (Wildman–Crippen LogP) is 2.98. The van der Waals surface area contributed by atoms with Crippen molar-refractivity contribution in [3.05, 3.63) is 27.5 Å². The summed E-state index contributed by atoms with van der Waals surface area (Å²) in [5.41, 5.74) is 1.81. The molecule has 0 radical (unpaired) electrons. The second-order valence-electron chi connectivity index (χ2n) is 4.13. The number of halogens is 2. The summed E-state index contributed by atoms with van der Waals surface area (Å²) in [5, 5.41) is 3.29. The Morgan fingerprint density at radius 3 is 2.88 bits per heavy atom. The molecule has 1 aliphatic heterocycles. The predicted molar refractivity (Wildman–Crippen MR) is 65.6 cm³/mol. The van der Waals surface area contributed by atoms with Crippen molar-refractivity contribution >= 4 is 15.9 Å². The van der Waals surface area contributed by atoms with Crippen molar-refractivity contribution < 1.29 is 9.13 Å². The van der Waals surface area contributed by atoms with E-state index in [4.69, 9.17) is 4.74 Å². The van der Waals surface area contributed by atoms with E-state index < -0.39 is 0 Å². The molecule has 1 saturated heterocycles. The molecule has 2 rings (SSSR count). The monoisotopic (exact) mass is 287 g/mol. The molecule has 1 fully saturated rings. The molecule has 1 aliphatic rings. The standard InChI is InChI=1S/C12H15BrFNO/c1-7-5-9(14)11(13)10(12(7)16-2)8-3-4-15-6-8/h5,8,15H,3-4,6H2,1-2H3. The van der Waals surface area contributed by atoms with E-state index >= 15 is 0 Å². The maximum Gasteiger partial charge on any atom is 0.138 e. The molecule has 0 saturated carbocycles. The van der Waals surface area contributed by atoms with Crippen LogP contribution in [0.25, 0.3) is 0 Å². The highest BCUT2D eigenvalue weighted by Gasteiger charge is 2.25. The van der Waals surface area contributed by atoms with Gasteiger partial charge < -0.3 is 10.1 Å². The molecule has 4 heteroatoms. The molecule has 1 heterocycles. The van der Waals surface area contributed by atoms with Crippen molar-refractivity contribution in [3.8, 4) is 5.75 Å². The van der Waals surface area contributed by atoms with Gasteiger partial charge in [-0.3, -0.25) is 0 Å². The number of ether oxygens (including phenoxy) is 1. The minimum Gasteiger partial charge on any atom is -0.496 e. The normalized spacial score (nSPS) is 20.1. The summed E-state index contributed by atoms with van der Waals surface area (Å²) < 4.78 is 19.6. The Kier molecular flexibility index (Phi) is 3.50. The third-order valence-corrected chi connectivity index (χ3v) is 3.87. The third-order valence-electron chi connectivity index (χ3n) is 3.06. The van der Waals surface area contributed by atoms with Gasteiger partial charge in [0.15, 0.2) is 0 Å². The van der Waals surface area contributed by atoms with Crippen molar-refractivity contribution in [2.24, 2.45) is 0 Å². The van der Waals surface area contributed by atoms with Gasteiger partial charge in [0.05, 0.1) is 11.6 Å².